The summed E-state index contributed by atoms with van der Waals surface area (Å²) in [5.74, 6) is 0.318. The molecule has 1 unspecified atom stereocenters. The number of aliphatic hydroxyl groups is 1. The number of piperidine rings is 1. The van der Waals surface area contributed by atoms with Crippen LogP contribution in [-0.2, 0) is 4.74 Å². The molecule has 1 aliphatic rings. The highest BCUT2D eigenvalue weighted by molar-refractivity contribution is 6.32. The third-order valence-electron chi connectivity index (χ3n) is 4.73. The van der Waals surface area contributed by atoms with E-state index in [0.29, 0.717) is 28.4 Å². The number of nitrogens with one attached hydrogen (secondary N) is 1. The van der Waals surface area contributed by atoms with Gasteiger partial charge in [-0.2, -0.15) is 0 Å². The molecular weight excluding hydrogens is 392 g/mol. The molecular formula is C22H35ClN2O4. The predicted molar refractivity (Wildman–Crippen MR) is 116 cm³/mol. The van der Waals surface area contributed by atoms with Gasteiger partial charge in [-0.05, 0) is 43.4 Å². The van der Waals surface area contributed by atoms with E-state index in [1.165, 1.54) is 0 Å². The number of benzene rings is 1. The smallest absolute Gasteiger partial charge is 0.251 e. The number of carbonyl (C=O) groups excluding carboxylic acids is 1. The topological polar surface area (TPSA) is 71.0 Å². The van der Waals surface area contributed by atoms with Crippen LogP contribution in [0.4, 0.5) is 0 Å². The summed E-state index contributed by atoms with van der Waals surface area (Å²) in [5.41, 5.74) is 0.734. The van der Waals surface area contributed by atoms with Gasteiger partial charge in [-0.1, -0.05) is 32.4 Å². The van der Waals surface area contributed by atoms with Crippen LogP contribution in [0, 0.1) is 5.41 Å². The highest BCUT2D eigenvalue weighted by atomic mass is 35.5. The van der Waals surface area contributed by atoms with Crippen LogP contribution < -0.4 is 10.1 Å². The number of hydrogen-bond donors (Lipinski definition) is 2. The van der Waals surface area contributed by atoms with Gasteiger partial charge in [0.1, 0.15) is 11.9 Å². The number of carbonyl (C=O) groups is 1. The van der Waals surface area contributed by atoms with Gasteiger partial charge in [0.25, 0.3) is 5.91 Å². The number of nitrogens with zero attached hydrogens (tertiary/aromatic N) is 1. The van der Waals surface area contributed by atoms with E-state index in [1.807, 2.05) is 6.92 Å². The first-order valence-corrected chi connectivity index (χ1v) is 10.8. The number of aliphatic hydroxyl groups excluding tert-OH is 1. The summed E-state index contributed by atoms with van der Waals surface area (Å²) in [5, 5.41) is 12.9. The molecule has 1 aromatic rings. The van der Waals surface area contributed by atoms with Crippen molar-refractivity contribution in [1.29, 1.82) is 0 Å². The Bertz CT molecular complexity index is 655. The van der Waals surface area contributed by atoms with Crippen LogP contribution >= 0.6 is 11.6 Å². The van der Waals surface area contributed by atoms with E-state index in [1.54, 1.807) is 18.2 Å². The fourth-order valence-corrected chi connectivity index (χ4v) is 3.62. The first-order valence-electron chi connectivity index (χ1n) is 10.4. The molecule has 0 bridgehead atoms. The van der Waals surface area contributed by atoms with Gasteiger partial charge >= 0.3 is 0 Å². The molecule has 2 N–H and O–H groups in total. The Kier molecular flexibility index (Phi) is 9.21. The minimum Gasteiger partial charge on any atom is -0.489 e. The molecule has 1 aromatic carbocycles. The van der Waals surface area contributed by atoms with Crippen molar-refractivity contribution in [3.8, 4) is 5.75 Å². The van der Waals surface area contributed by atoms with E-state index < -0.39 is 6.10 Å². The van der Waals surface area contributed by atoms with Crippen LogP contribution in [0.5, 0.6) is 5.75 Å². The second kappa shape index (κ2) is 11.2. The molecule has 29 heavy (non-hydrogen) atoms. The Morgan fingerprint density at radius 1 is 1.34 bits per heavy atom. The van der Waals surface area contributed by atoms with Gasteiger partial charge in [0.05, 0.1) is 17.7 Å². The van der Waals surface area contributed by atoms with Crippen molar-refractivity contribution in [3.63, 3.8) is 0 Å². The number of likely N-dealkylation sites (tertiary alicyclic amines) is 1. The average Bonchev–Trinajstić information content (AvgIpc) is 2.66. The highest BCUT2D eigenvalue weighted by Crippen LogP contribution is 2.29. The summed E-state index contributed by atoms with van der Waals surface area (Å²) >= 11 is 6.35. The standard InChI is InChI=1S/C22H35ClN2O4/c1-5-28-14-17(26)13-24-21(27)16-6-7-20(19(23)12-16)29-18-8-10-25(11-9-18)15-22(2,3)4/h6-7,12,17-18,26H,5,8-11,13-15H2,1-4H3,(H,24,27). The molecule has 1 atom stereocenters. The van der Waals surface area contributed by atoms with Crippen molar-refractivity contribution in [1.82, 2.24) is 10.2 Å². The number of hydrogen-bond acceptors (Lipinski definition) is 5. The zero-order chi connectivity index (χ0) is 21.4. The molecule has 0 aromatic heterocycles. The van der Waals surface area contributed by atoms with E-state index in [0.717, 1.165) is 32.5 Å². The fraction of sp³-hybridized carbons (Fsp3) is 0.682. The maximum Gasteiger partial charge on any atom is 0.251 e. The van der Waals surface area contributed by atoms with Gasteiger partial charge in [-0.15, -0.1) is 0 Å². The summed E-state index contributed by atoms with van der Waals surface area (Å²) < 4.78 is 11.2. The van der Waals surface area contributed by atoms with Crippen LogP contribution in [0.25, 0.3) is 0 Å². The summed E-state index contributed by atoms with van der Waals surface area (Å²) in [6.07, 6.45) is 1.33. The normalized spacial score (nSPS) is 17.2. The number of ether oxygens (including phenoxy) is 2. The third-order valence-corrected chi connectivity index (χ3v) is 5.03. The maximum absolute atomic E-state index is 12.3. The summed E-state index contributed by atoms with van der Waals surface area (Å²) in [6, 6.07) is 5.05. The summed E-state index contributed by atoms with van der Waals surface area (Å²) in [7, 11) is 0. The summed E-state index contributed by atoms with van der Waals surface area (Å²) in [4.78, 5) is 14.7. The van der Waals surface area contributed by atoms with Crippen molar-refractivity contribution in [2.75, 3.05) is 39.4 Å². The first kappa shape index (κ1) is 23.9. The van der Waals surface area contributed by atoms with E-state index in [2.05, 4.69) is 31.0 Å². The lowest BCUT2D eigenvalue weighted by Gasteiger charge is -2.36. The molecule has 6 nitrogen and oxygen atoms in total. The van der Waals surface area contributed by atoms with Crippen molar-refractivity contribution >= 4 is 17.5 Å². The average molecular weight is 427 g/mol. The van der Waals surface area contributed by atoms with Gasteiger partial charge in [0.15, 0.2) is 0 Å². The molecule has 1 heterocycles. The van der Waals surface area contributed by atoms with E-state index in [4.69, 9.17) is 21.1 Å². The van der Waals surface area contributed by atoms with E-state index in [-0.39, 0.29) is 25.2 Å². The van der Waals surface area contributed by atoms with Gasteiger partial charge in [-0.25, -0.2) is 0 Å². The number of amides is 1. The lowest BCUT2D eigenvalue weighted by Crippen LogP contribution is -2.42. The SMILES string of the molecule is CCOCC(O)CNC(=O)c1ccc(OC2CCN(CC(C)(C)C)CC2)c(Cl)c1. The van der Waals surface area contributed by atoms with Crippen LogP contribution in [-0.4, -0.2) is 67.5 Å². The highest BCUT2D eigenvalue weighted by Gasteiger charge is 2.24. The maximum atomic E-state index is 12.3. The van der Waals surface area contributed by atoms with E-state index >= 15 is 0 Å². The quantitative estimate of drug-likeness (QED) is 0.633. The molecule has 164 valence electrons. The van der Waals surface area contributed by atoms with E-state index in [9.17, 15) is 9.90 Å². The second-order valence-electron chi connectivity index (χ2n) is 8.82. The minimum atomic E-state index is -0.735. The molecule has 0 spiro atoms. The predicted octanol–water partition coefficient (Wildman–Crippen LogP) is 3.36. The second-order valence-corrected chi connectivity index (χ2v) is 9.23. The zero-order valence-corrected chi connectivity index (χ0v) is 18.8. The third kappa shape index (κ3) is 8.51. The Morgan fingerprint density at radius 2 is 2.03 bits per heavy atom. The van der Waals surface area contributed by atoms with Gasteiger partial charge in [0, 0.05) is 38.3 Å². The molecule has 1 saturated heterocycles. The molecule has 0 aliphatic carbocycles. The number of rotatable bonds is 9. The molecule has 1 amide bonds. The molecule has 0 radical (unpaired) electrons. The van der Waals surface area contributed by atoms with Crippen LogP contribution in [0.2, 0.25) is 5.02 Å². The van der Waals surface area contributed by atoms with Crippen molar-refractivity contribution < 1.29 is 19.4 Å². The Balaban J connectivity index is 1.83. The molecule has 1 fully saturated rings. The van der Waals surface area contributed by atoms with Crippen LogP contribution in [0.3, 0.4) is 0 Å². The van der Waals surface area contributed by atoms with Crippen molar-refractivity contribution in [3.05, 3.63) is 28.8 Å². The van der Waals surface area contributed by atoms with Crippen molar-refractivity contribution in [2.24, 2.45) is 5.41 Å². The van der Waals surface area contributed by atoms with Gasteiger partial charge in [0.2, 0.25) is 0 Å². The minimum absolute atomic E-state index is 0.127. The first-order chi connectivity index (χ1) is 13.7. The Labute approximate surface area is 179 Å². The Hall–Kier alpha value is -1.34. The lowest BCUT2D eigenvalue weighted by molar-refractivity contribution is 0.0418. The molecule has 0 saturated carbocycles. The van der Waals surface area contributed by atoms with Gasteiger partial charge in [-0.3, -0.25) is 4.79 Å². The van der Waals surface area contributed by atoms with Crippen LogP contribution in [0.1, 0.15) is 50.9 Å². The van der Waals surface area contributed by atoms with Crippen molar-refractivity contribution in [2.45, 2.75) is 52.7 Å². The fourth-order valence-electron chi connectivity index (χ4n) is 3.40. The Morgan fingerprint density at radius 3 is 2.62 bits per heavy atom. The monoisotopic (exact) mass is 426 g/mol. The van der Waals surface area contributed by atoms with Gasteiger partial charge < -0.3 is 24.8 Å². The zero-order valence-electron chi connectivity index (χ0n) is 18.0. The van der Waals surface area contributed by atoms with Crippen LogP contribution in [0.15, 0.2) is 18.2 Å². The molecule has 2 rings (SSSR count). The lowest BCUT2D eigenvalue weighted by atomic mass is 9.94. The molecule has 7 heteroatoms. The largest absolute Gasteiger partial charge is 0.489 e. The molecule has 1 aliphatic heterocycles. The number of halogens is 1. The summed E-state index contributed by atoms with van der Waals surface area (Å²) in [6.45, 7) is 12.6.